The van der Waals surface area contributed by atoms with Crippen LogP contribution in [0.4, 0.5) is 14.6 Å². The van der Waals surface area contributed by atoms with E-state index in [4.69, 9.17) is 0 Å². The minimum atomic E-state index is -2.68. The number of anilines is 1. The van der Waals surface area contributed by atoms with Crippen LogP contribution in [0.15, 0.2) is 12.3 Å². The van der Waals surface area contributed by atoms with Crippen LogP contribution in [0.5, 0.6) is 0 Å². The Kier molecular flexibility index (Phi) is 2.37. The number of hydrogen-bond acceptors (Lipinski definition) is 3. The molecule has 1 aromatic heterocycles. The normalized spacial score (nSPS) is 22.0. The van der Waals surface area contributed by atoms with Gasteiger partial charge in [0, 0.05) is 19.2 Å². The maximum atomic E-state index is 13.2. The number of halogens is 2. The maximum absolute atomic E-state index is 13.2. The van der Waals surface area contributed by atoms with E-state index in [9.17, 15) is 8.78 Å². The zero-order valence-corrected chi connectivity index (χ0v) is 7.63. The van der Waals surface area contributed by atoms with Crippen molar-refractivity contribution in [1.82, 2.24) is 15.5 Å². The third-order valence-corrected chi connectivity index (χ3v) is 2.19. The largest absolute Gasteiger partial charge is 0.350 e. The van der Waals surface area contributed by atoms with Gasteiger partial charge in [0.05, 0.1) is 19.3 Å². The van der Waals surface area contributed by atoms with E-state index < -0.39 is 5.92 Å². The molecule has 2 heterocycles. The van der Waals surface area contributed by atoms with Gasteiger partial charge in [-0.1, -0.05) is 0 Å². The fourth-order valence-corrected chi connectivity index (χ4v) is 1.53. The summed E-state index contributed by atoms with van der Waals surface area (Å²) in [5.41, 5.74) is 0. The Bertz CT molecular complexity index is 286. The third-order valence-electron chi connectivity index (χ3n) is 2.19. The Labute approximate surface area is 80.3 Å². The highest BCUT2D eigenvalue weighted by molar-refractivity contribution is 5.37. The van der Waals surface area contributed by atoms with Crippen LogP contribution in [0.2, 0.25) is 0 Å². The summed E-state index contributed by atoms with van der Waals surface area (Å²) < 4.78 is 26.3. The number of aromatic amines is 1. The maximum Gasteiger partial charge on any atom is 0.277 e. The van der Waals surface area contributed by atoms with Crippen LogP contribution >= 0.6 is 0 Å². The van der Waals surface area contributed by atoms with Crippen LogP contribution < -0.4 is 10.2 Å². The Morgan fingerprint density at radius 1 is 1.50 bits per heavy atom. The second kappa shape index (κ2) is 3.53. The second-order valence-corrected chi connectivity index (χ2v) is 3.40. The molecule has 0 atom stereocenters. The fourth-order valence-electron chi connectivity index (χ4n) is 1.53. The molecule has 78 valence electrons. The first-order chi connectivity index (χ1) is 6.67. The molecule has 1 aliphatic rings. The molecule has 0 radical (unpaired) electrons. The van der Waals surface area contributed by atoms with Gasteiger partial charge in [0.2, 0.25) is 0 Å². The molecule has 1 saturated heterocycles. The monoisotopic (exact) mass is 202 g/mol. The molecule has 2 rings (SSSR count). The van der Waals surface area contributed by atoms with E-state index in [1.54, 1.807) is 17.2 Å². The summed E-state index contributed by atoms with van der Waals surface area (Å²) in [7, 11) is 0. The molecule has 0 unspecified atom stereocenters. The van der Waals surface area contributed by atoms with E-state index in [0.717, 1.165) is 0 Å². The van der Waals surface area contributed by atoms with Crippen LogP contribution in [0.25, 0.3) is 0 Å². The van der Waals surface area contributed by atoms with Crippen molar-refractivity contribution in [3.8, 4) is 0 Å². The van der Waals surface area contributed by atoms with Crippen LogP contribution in [0.1, 0.15) is 0 Å². The zero-order chi connectivity index (χ0) is 10.0. The number of alkyl halides is 2. The standard InChI is InChI=1S/C8H12F2N4/c9-8(10)5-11-3-4-14(6-8)7-1-2-12-13-7/h1-2,11H,3-6H2,(H,12,13). The van der Waals surface area contributed by atoms with Crippen LogP contribution in [0.3, 0.4) is 0 Å². The van der Waals surface area contributed by atoms with Crippen molar-refractivity contribution >= 4 is 5.82 Å². The van der Waals surface area contributed by atoms with Crippen molar-refractivity contribution in [3.05, 3.63) is 12.3 Å². The number of H-pyrrole nitrogens is 1. The van der Waals surface area contributed by atoms with Gasteiger partial charge in [0.25, 0.3) is 5.92 Å². The number of aromatic nitrogens is 2. The van der Waals surface area contributed by atoms with E-state index in [0.29, 0.717) is 18.9 Å². The smallest absolute Gasteiger partial charge is 0.277 e. The molecule has 4 nitrogen and oxygen atoms in total. The summed E-state index contributed by atoms with van der Waals surface area (Å²) in [6.07, 6.45) is 1.56. The molecule has 0 amide bonds. The molecule has 0 saturated carbocycles. The first-order valence-corrected chi connectivity index (χ1v) is 4.50. The molecular weight excluding hydrogens is 190 g/mol. The zero-order valence-electron chi connectivity index (χ0n) is 7.63. The second-order valence-electron chi connectivity index (χ2n) is 3.40. The first-order valence-electron chi connectivity index (χ1n) is 4.50. The average molecular weight is 202 g/mol. The molecule has 1 aliphatic heterocycles. The van der Waals surface area contributed by atoms with Gasteiger partial charge in [-0.25, -0.2) is 8.78 Å². The Balaban J connectivity index is 2.11. The summed E-state index contributed by atoms with van der Waals surface area (Å²) in [5, 5.41) is 9.13. The molecule has 0 spiro atoms. The van der Waals surface area contributed by atoms with E-state index in [-0.39, 0.29) is 13.1 Å². The Hall–Kier alpha value is -1.17. The molecular formula is C8H12F2N4. The number of nitrogens with zero attached hydrogens (tertiary/aromatic N) is 2. The minimum absolute atomic E-state index is 0.252. The lowest BCUT2D eigenvalue weighted by molar-refractivity contribution is 0.0156. The summed E-state index contributed by atoms with van der Waals surface area (Å²) >= 11 is 0. The van der Waals surface area contributed by atoms with Crippen molar-refractivity contribution in [2.45, 2.75) is 5.92 Å². The molecule has 14 heavy (non-hydrogen) atoms. The summed E-state index contributed by atoms with van der Waals surface area (Å²) in [6, 6.07) is 1.70. The van der Waals surface area contributed by atoms with Crippen molar-refractivity contribution in [2.75, 3.05) is 31.1 Å². The summed E-state index contributed by atoms with van der Waals surface area (Å²) in [4.78, 5) is 1.60. The third kappa shape index (κ3) is 2.01. The van der Waals surface area contributed by atoms with Gasteiger partial charge in [-0.05, 0) is 0 Å². The molecule has 6 heteroatoms. The van der Waals surface area contributed by atoms with Crippen molar-refractivity contribution < 1.29 is 8.78 Å². The van der Waals surface area contributed by atoms with Crippen LogP contribution in [-0.4, -0.2) is 42.3 Å². The quantitative estimate of drug-likeness (QED) is 0.695. The van der Waals surface area contributed by atoms with Crippen molar-refractivity contribution in [1.29, 1.82) is 0 Å². The van der Waals surface area contributed by atoms with E-state index in [1.807, 2.05) is 0 Å². The van der Waals surface area contributed by atoms with Crippen molar-refractivity contribution in [3.63, 3.8) is 0 Å². The predicted octanol–water partition coefficient (Wildman–Crippen LogP) is 0.455. The number of nitrogens with one attached hydrogen (secondary N) is 2. The molecule has 2 N–H and O–H groups in total. The van der Waals surface area contributed by atoms with Gasteiger partial charge >= 0.3 is 0 Å². The summed E-state index contributed by atoms with van der Waals surface area (Å²) in [6.45, 7) is 0.617. The first kappa shape index (κ1) is 9.39. The summed E-state index contributed by atoms with van der Waals surface area (Å²) in [5.74, 6) is -2.03. The predicted molar refractivity (Wildman–Crippen MR) is 48.6 cm³/mol. The number of hydrogen-bond donors (Lipinski definition) is 2. The Morgan fingerprint density at radius 2 is 2.36 bits per heavy atom. The van der Waals surface area contributed by atoms with Gasteiger partial charge in [0.15, 0.2) is 0 Å². The van der Waals surface area contributed by atoms with E-state index in [2.05, 4.69) is 15.5 Å². The molecule has 1 aromatic rings. The lowest BCUT2D eigenvalue weighted by Crippen LogP contribution is -2.38. The van der Waals surface area contributed by atoms with Crippen LogP contribution in [0, 0.1) is 0 Å². The SMILES string of the molecule is FC1(F)CNCCN(c2ccn[nH]2)C1. The molecule has 0 bridgehead atoms. The highest BCUT2D eigenvalue weighted by Gasteiger charge is 2.33. The molecule has 1 fully saturated rings. The lowest BCUT2D eigenvalue weighted by atomic mass is 10.3. The van der Waals surface area contributed by atoms with E-state index >= 15 is 0 Å². The average Bonchev–Trinajstić information content (AvgIpc) is 2.57. The molecule has 0 aromatic carbocycles. The van der Waals surface area contributed by atoms with Crippen molar-refractivity contribution in [2.24, 2.45) is 0 Å². The lowest BCUT2D eigenvalue weighted by Gasteiger charge is -2.23. The van der Waals surface area contributed by atoms with Gasteiger partial charge in [-0.15, -0.1) is 0 Å². The highest BCUT2D eigenvalue weighted by atomic mass is 19.3. The fraction of sp³-hybridized carbons (Fsp3) is 0.625. The topological polar surface area (TPSA) is 44.0 Å². The van der Waals surface area contributed by atoms with Gasteiger partial charge in [-0.2, -0.15) is 5.10 Å². The number of rotatable bonds is 1. The van der Waals surface area contributed by atoms with E-state index in [1.165, 1.54) is 0 Å². The Morgan fingerprint density at radius 3 is 3.07 bits per heavy atom. The van der Waals surface area contributed by atoms with Crippen LogP contribution in [-0.2, 0) is 0 Å². The van der Waals surface area contributed by atoms with Gasteiger partial charge in [0.1, 0.15) is 5.82 Å². The minimum Gasteiger partial charge on any atom is -0.350 e. The van der Waals surface area contributed by atoms with Gasteiger partial charge in [-0.3, -0.25) is 5.10 Å². The molecule has 0 aliphatic carbocycles. The van der Waals surface area contributed by atoms with Gasteiger partial charge < -0.3 is 10.2 Å². The highest BCUT2D eigenvalue weighted by Crippen LogP contribution is 2.19.